The van der Waals surface area contributed by atoms with Crippen molar-refractivity contribution in [3.63, 3.8) is 0 Å². The first-order chi connectivity index (χ1) is 7.09. The third kappa shape index (κ3) is 1.67. The Morgan fingerprint density at radius 2 is 2.13 bits per heavy atom. The minimum atomic E-state index is 0.569. The van der Waals surface area contributed by atoms with Crippen LogP contribution in [0, 0.1) is 12.8 Å². The number of anilines is 1. The summed E-state index contributed by atoms with van der Waals surface area (Å²) in [6.07, 6.45) is 3.61. The van der Waals surface area contributed by atoms with Crippen molar-refractivity contribution in [1.82, 2.24) is 14.5 Å². The molecule has 0 saturated carbocycles. The van der Waals surface area contributed by atoms with Crippen LogP contribution in [0.2, 0.25) is 0 Å². The molecule has 80 valence electrons. The average Bonchev–Trinajstić information content (AvgIpc) is 2.44. The number of fused-ring (bicyclic) bond motifs is 1. The molecule has 0 saturated heterocycles. The van der Waals surface area contributed by atoms with Crippen LogP contribution in [-0.2, 0) is 6.54 Å². The summed E-state index contributed by atoms with van der Waals surface area (Å²) in [5.41, 5.74) is 7.92. The fourth-order valence-corrected chi connectivity index (χ4v) is 1.88. The van der Waals surface area contributed by atoms with Crippen LogP contribution in [0.3, 0.4) is 0 Å². The van der Waals surface area contributed by atoms with E-state index >= 15 is 0 Å². The number of nitrogens with zero attached hydrogens (tertiary/aromatic N) is 3. The standard InChI is InChI=1S/C11H16N4/c1-7(2)4-15-5-8(3)9-10(12)13-6-14-11(9)15/h5-7H,4H2,1-3H3,(H2,12,13,14). The van der Waals surface area contributed by atoms with Gasteiger partial charge in [0.15, 0.2) is 0 Å². The molecule has 0 aromatic carbocycles. The summed E-state index contributed by atoms with van der Waals surface area (Å²) in [4.78, 5) is 8.30. The monoisotopic (exact) mass is 204 g/mol. The number of aromatic nitrogens is 3. The van der Waals surface area contributed by atoms with E-state index in [1.165, 1.54) is 6.33 Å². The third-order valence-electron chi connectivity index (χ3n) is 2.43. The van der Waals surface area contributed by atoms with Crippen LogP contribution < -0.4 is 5.73 Å². The number of hydrogen-bond acceptors (Lipinski definition) is 3. The number of nitrogen functional groups attached to an aromatic ring is 1. The molecule has 0 fully saturated rings. The SMILES string of the molecule is Cc1cn(CC(C)C)c2ncnc(N)c12. The molecule has 2 rings (SSSR count). The van der Waals surface area contributed by atoms with Gasteiger partial charge in [-0.2, -0.15) is 0 Å². The third-order valence-corrected chi connectivity index (χ3v) is 2.43. The largest absolute Gasteiger partial charge is 0.383 e. The molecular formula is C11H16N4. The van der Waals surface area contributed by atoms with Crippen molar-refractivity contribution in [3.8, 4) is 0 Å². The number of nitrogens with two attached hydrogens (primary N) is 1. The Kier molecular flexibility index (Phi) is 2.34. The Hall–Kier alpha value is -1.58. The van der Waals surface area contributed by atoms with Gasteiger partial charge < -0.3 is 10.3 Å². The van der Waals surface area contributed by atoms with E-state index < -0.39 is 0 Å². The molecule has 2 heterocycles. The van der Waals surface area contributed by atoms with Crippen molar-refractivity contribution >= 4 is 16.9 Å². The van der Waals surface area contributed by atoms with Crippen LogP contribution in [0.4, 0.5) is 5.82 Å². The summed E-state index contributed by atoms with van der Waals surface area (Å²) in [6.45, 7) is 7.37. The Morgan fingerprint density at radius 3 is 2.80 bits per heavy atom. The van der Waals surface area contributed by atoms with E-state index in [1.807, 2.05) is 6.92 Å². The van der Waals surface area contributed by atoms with Crippen LogP contribution in [0.1, 0.15) is 19.4 Å². The van der Waals surface area contributed by atoms with Gasteiger partial charge in [-0.15, -0.1) is 0 Å². The maximum absolute atomic E-state index is 5.84. The van der Waals surface area contributed by atoms with Crippen LogP contribution >= 0.6 is 0 Å². The molecule has 0 aliphatic carbocycles. The van der Waals surface area contributed by atoms with E-state index in [0.29, 0.717) is 11.7 Å². The van der Waals surface area contributed by atoms with Gasteiger partial charge in [-0.1, -0.05) is 13.8 Å². The fraction of sp³-hybridized carbons (Fsp3) is 0.455. The molecule has 0 radical (unpaired) electrons. The van der Waals surface area contributed by atoms with Crippen molar-refractivity contribution in [2.45, 2.75) is 27.3 Å². The van der Waals surface area contributed by atoms with E-state index in [4.69, 9.17) is 5.73 Å². The van der Waals surface area contributed by atoms with Crippen LogP contribution in [0.5, 0.6) is 0 Å². The van der Waals surface area contributed by atoms with E-state index in [2.05, 4.69) is 34.6 Å². The zero-order valence-electron chi connectivity index (χ0n) is 9.36. The summed E-state index contributed by atoms with van der Waals surface area (Å²) in [6, 6.07) is 0. The molecule has 0 aliphatic heterocycles. The zero-order chi connectivity index (χ0) is 11.0. The van der Waals surface area contributed by atoms with Gasteiger partial charge >= 0.3 is 0 Å². The van der Waals surface area contributed by atoms with Gasteiger partial charge in [-0.25, -0.2) is 9.97 Å². The maximum Gasteiger partial charge on any atom is 0.145 e. The number of rotatable bonds is 2. The van der Waals surface area contributed by atoms with Gasteiger partial charge in [0.1, 0.15) is 17.8 Å². The lowest BCUT2D eigenvalue weighted by Crippen LogP contribution is -2.04. The molecule has 2 aromatic heterocycles. The van der Waals surface area contributed by atoms with Gasteiger partial charge in [-0.05, 0) is 18.4 Å². The Balaban J connectivity index is 2.63. The summed E-state index contributed by atoms with van der Waals surface area (Å²) < 4.78 is 2.15. The molecule has 15 heavy (non-hydrogen) atoms. The maximum atomic E-state index is 5.84. The van der Waals surface area contributed by atoms with Gasteiger partial charge in [0.05, 0.1) is 5.39 Å². The number of aryl methyl sites for hydroxylation is 1. The molecule has 0 bridgehead atoms. The molecule has 0 amide bonds. The lowest BCUT2D eigenvalue weighted by Gasteiger charge is -2.07. The predicted molar refractivity (Wildman–Crippen MR) is 61.5 cm³/mol. The Labute approximate surface area is 89.1 Å². The van der Waals surface area contributed by atoms with Crippen LogP contribution in [0.25, 0.3) is 11.0 Å². The molecule has 0 atom stereocenters. The first-order valence-corrected chi connectivity index (χ1v) is 5.15. The Morgan fingerprint density at radius 1 is 1.40 bits per heavy atom. The van der Waals surface area contributed by atoms with Crippen molar-refractivity contribution in [3.05, 3.63) is 18.1 Å². The summed E-state index contributed by atoms with van der Waals surface area (Å²) in [5.74, 6) is 1.16. The van der Waals surface area contributed by atoms with Crippen molar-refractivity contribution in [1.29, 1.82) is 0 Å². The van der Waals surface area contributed by atoms with Gasteiger partial charge in [0, 0.05) is 12.7 Å². The van der Waals surface area contributed by atoms with Gasteiger partial charge in [-0.3, -0.25) is 0 Å². The second kappa shape index (κ2) is 3.53. The molecular weight excluding hydrogens is 188 g/mol. The predicted octanol–water partition coefficient (Wildman–Crippen LogP) is 1.98. The lowest BCUT2D eigenvalue weighted by molar-refractivity contribution is 0.532. The van der Waals surface area contributed by atoms with E-state index in [1.54, 1.807) is 0 Å². The highest BCUT2D eigenvalue weighted by Gasteiger charge is 2.10. The first-order valence-electron chi connectivity index (χ1n) is 5.15. The molecule has 2 N–H and O–H groups in total. The Bertz CT molecular complexity index is 485. The topological polar surface area (TPSA) is 56.7 Å². The van der Waals surface area contributed by atoms with Crippen LogP contribution in [0.15, 0.2) is 12.5 Å². The molecule has 2 aromatic rings. The minimum absolute atomic E-state index is 0.569. The molecule has 0 spiro atoms. The van der Waals surface area contributed by atoms with Crippen molar-refractivity contribution < 1.29 is 0 Å². The van der Waals surface area contributed by atoms with Gasteiger partial charge in [0.2, 0.25) is 0 Å². The first kappa shape index (κ1) is 9.96. The van der Waals surface area contributed by atoms with Crippen molar-refractivity contribution in [2.75, 3.05) is 5.73 Å². The quantitative estimate of drug-likeness (QED) is 0.813. The highest BCUT2D eigenvalue weighted by Crippen LogP contribution is 2.23. The second-order valence-electron chi connectivity index (χ2n) is 4.32. The molecule has 0 aliphatic rings. The fourth-order valence-electron chi connectivity index (χ4n) is 1.88. The zero-order valence-corrected chi connectivity index (χ0v) is 9.36. The second-order valence-corrected chi connectivity index (χ2v) is 4.32. The average molecular weight is 204 g/mol. The summed E-state index contributed by atoms with van der Waals surface area (Å²) in [5, 5.41) is 0.984. The normalized spacial score (nSPS) is 11.5. The smallest absolute Gasteiger partial charge is 0.145 e. The molecule has 4 heteroatoms. The summed E-state index contributed by atoms with van der Waals surface area (Å²) in [7, 11) is 0. The highest BCUT2D eigenvalue weighted by molar-refractivity contribution is 5.89. The number of hydrogen-bond donors (Lipinski definition) is 1. The van der Waals surface area contributed by atoms with E-state index in [0.717, 1.165) is 23.1 Å². The highest BCUT2D eigenvalue weighted by atomic mass is 15.1. The lowest BCUT2D eigenvalue weighted by atomic mass is 10.2. The van der Waals surface area contributed by atoms with E-state index in [9.17, 15) is 0 Å². The van der Waals surface area contributed by atoms with Crippen molar-refractivity contribution in [2.24, 2.45) is 5.92 Å². The minimum Gasteiger partial charge on any atom is -0.383 e. The summed E-state index contributed by atoms with van der Waals surface area (Å²) >= 11 is 0. The van der Waals surface area contributed by atoms with Gasteiger partial charge in [0.25, 0.3) is 0 Å². The molecule has 0 unspecified atom stereocenters. The van der Waals surface area contributed by atoms with Crippen LogP contribution in [-0.4, -0.2) is 14.5 Å². The van der Waals surface area contributed by atoms with E-state index in [-0.39, 0.29) is 0 Å². The molecule has 4 nitrogen and oxygen atoms in total.